The fourth-order valence-corrected chi connectivity index (χ4v) is 2.52. The second-order valence-electron chi connectivity index (χ2n) is 5.47. The molecule has 18 heavy (non-hydrogen) atoms. The zero-order valence-electron chi connectivity index (χ0n) is 11.5. The number of nitrogen functional groups attached to an aromatic ring is 1. The summed E-state index contributed by atoms with van der Waals surface area (Å²) in [6.07, 6.45) is 5.26. The van der Waals surface area contributed by atoms with Crippen LogP contribution in [0, 0.1) is 12.3 Å². The van der Waals surface area contributed by atoms with E-state index >= 15 is 0 Å². The first-order valence-electron chi connectivity index (χ1n) is 6.63. The molecule has 5 heteroatoms. The van der Waals surface area contributed by atoms with Crippen LogP contribution in [-0.4, -0.2) is 23.1 Å². The molecule has 0 saturated carbocycles. The van der Waals surface area contributed by atoms with Crippen molar-refractivity contribution in [2.75, 3.05) is 23.4 Å². The Labute approximate surface area is 109 Å². The molecule has 1 aromatic heterocycles. The number of piperidine rings is 1. The lowest BCUT2D eigenvalue weighted by molar-refractivity contribution is 0.237. The predicted octanol–water partition coefficient (Wildman–Crippen LogP) is 2.09. The summed E-state index contributed by atoms with van der Waals surface area (Å²) in [5, 5.41) is 0. The van der Waals surface area contributed by atoms with Crippen molar-refractivity contribution in [2.24, 2.45) is 11.3 Å². The SMILES string of the molecule is CCC1(C)CCN(c2ncnc(NN)c2C)CC1. The quantitative estimate of drug-likeness (QED) is 0.634. The number of anilines is 2. The van der Waals surface area contributed by atoms with Crippen molar-refractivity contribution in [2.45, 2.75) is 40.0 Å². The standard InChI is InChI=1S/C13H23N5/c1-4-13(3)5-7-18(8-6-13)12-10(2)11(17-14)15-9-16-12/h9H,4-8,14H2,1-3H3,(H,15,16,17). The first-order chi connectivity index (χ1) is 8.59. The van der Waals surface area contributed by atoms with E-state index in [4.69, 9.17) is 5.84 Å². The number of nitrogens with zero attached hydrogens (tertiary/aromatic N) is 3. The molecule has 0 spiro atoms. The maximum absolute atomic E-state index is 5.45. The molecule has 3 N–H and O–H groups in total. The van der Waals surface area contributed by atoms with Gasteiger partial charge < -0.3 is 10.3 Å². The van der Waals surface area contributed by atoms with Crippen LogP contribution in [0.15, 0.2) is 6.33 Å². The molecule has 1 aromatic rings. The summed E-state index contributed by atoms with van der Waals surface area (Å²) < 4.78 is 0. The van der Waals surface area contributed by atoms with Gasteiger partial charge in [0, 0.05) is 18.7 Å². The van der Waals surface area contributed by atoms with Gasteiger partial charge >= 0.3 is 0 Å². The topological polar surface area (TPSA) is 67.1 Å². The van der Waals surface area contributed by atoms with Gasteiger partial charge in [0.15, 0.2) is 0 Å². The highest BCUT2D eigenvalue weighted by atomic mass is 15.3. The summed E-state index contributed by atoms with van der Waals surface area (Å²) in [4.78, 5) is 10.9. The molecule has 5 nitrogen and oxygen atoms in total. The highest BCUT2D eigenvalue weighted by Crippen LogP contribution is 2.36. The zero-order valence-corrected chi connectivity index (χ0v) is 11.5. The van der Waals surface area contributed by atoms with Crippen LogP contribution in [-0.2, 0) is 0 Å². The van der Waals surface area contributed by atoms with Gasteiger partial charge in [-0.15, -0.1) is 0 Å². The average Bonchev–Trinajstić information content (AvgIpc) is 2.40. The van der Waals surface area contributed by atoms with E-state index in [-0.39, 0.29) is 0 Å². The third kappa shape index (κ3) is 2.41. The summed E-state index contributed by atoms with van der Waals surface area (Å²) in [5.74, 6) is 7.18. The number of nitrogens with one attached hydrogen (secondary N) is 1. The Kier molecular flexibility index (Phi) is 3.71. The molecule has 0 aromatic carbocycles. The number of hydrogen-bond acceptors (Lipinski definition) is 5. The number of rotatable bonds is 3. The van der Waals surface area contributed by atoms with Crippen molar-refractivity contribution in [3.05, 3.63) is 11.9 Å². The van der Waals surface area contributed by atoms with Crippen LogP contribution in [0.3, 0.4) is 0 Å². The fourth-order valence-electron chi connectivity index (χ4n) is 2.52. The fraction of sp³-hybridized carbons (Fsp3) is 0.692. The normalized spacial score (nSPS) is 18.8. The summed E-state index contributed by atoms with van der Waals surface area (Å²) in [6, 6.07) is 0. The van der Waals surface area contributed by atoms with E-state index in [9.17, 15) is 0 Å². The molecule has 0 bridgehead atoms. The first-order valence-corrected chi connectivity index (χ1v) is 6.63. The van der Waals surface area contributed by atoms with Crippen LogP contribution in [0.4, 0.5) is 11.6 Å². The monoisotopic (exact) mass is 249 g/mol. The van der Waals surface area contributed by atoms with Crippen LogP contribution in [0.1, 0.15) is 38.7 Å². The lowest BCUT2D eigenvalue weighted by Gasteiger charge is -2.39. The largest absolute Gasteiger partial charge is 0.356 e. The Morgan fingerprint density at radius 2 is 2.06 bits per heavy atom. The molecule has 0 amide bonds. The smallest absolute Gasteiger partial charge is 0.148 e. The highest BCUT2D eigenvalue weighted by Gasteiger charge is 2.29. The van der Waals surface area contributed by atoms with E-state index in [2.05, 4.69) is 34.1 Å². The molecule has 1 aliphatic rings. The molecular formula is C13H23N5. The Morgan fingerprint density at radius 1 is 1.39 bits per heavy atom. The molecule has 0 unspecified atom stereocenters. The minimum Gasteiger partial charge on any atom is -0.356 e. The van der Waals surface area contributed by atoms with Crippen molar-refractivity contribution in [3.63, 3.8) is 0 Å². The summed E-state index contributed by atoms with van der Waals surface area (Å²) in [7, 11) is 0. The minimum absolute atomic E-state index is 0.492. The Morgan fingerprint density at radius 3 is 2.61 bits per heavy atom. The molecule has 2 rings (SSSR count). The predicted molar refractivity (Wildman–Crippen MR) is 74.4 cm³/mol. The number of aromatic nitrogens is 2. The van der Waals surface area contributed by atoms with Gasteiger partial charge in [0.05, 0.1) is 0 Å². The third-order valence-corrected chi connectivity index (χ3v) is 4.32. The first kappa shape index (κ1) is 13.1. The van der Waals surface area contributed by atoms with Gasteiger partial charge in [-0.3, -0.25) is 0 Å². The second kappa shape index (κ2) is 5.10. The van der Waals surface area contributed by atoms with Crippen molar-refractivity contribution in [1.82, 2.24) is 9.97 Å². The van der Waals surface area contributed by atoms with Crippen molar-refractivity contribution < 1.29 is 0 Å². The van der Waals surface area contributed by atoms with Crippen molar-refractivity contribution >= 4 is 11.6 Å². The maximum Gasteiger partial charge on any atom is 0.148 e. The van der Waals surface area contributed by atoms with Gasteiger partial charge in [0.25, 0.3) is 0 Å². The zero-order chi connectivity index (χ0) is 13.2. The molecule has 0 radical (unpaired) electrons. The molecule has 2 heterocycles. The van der Waals surface area contributed by atoms with E-state index in [0.29, 0.717) is 11.2 Å². The summed E-state index contributed by atoms with van der Waals surface area (Å²) in [5.41, 5.74) is 4.14. The van der Waals surface area contributed by atoms with E-state index in [1.54, 1.807) is 6.33 Å². The van der Waals surface area contributed by atoms with Gasteiger partial charge in [0.2, 0.25) is 0 Å². The lowest BCUT2D eigenvalue weighted by atomic mass is 9.78. The van der Waals surface area contributed by atoms with Gasteiger partial charge in [0.1, 0.15) is 18.0 Å². The molecule has 0 aliphatic carbocycles. The van der Waals surface area contributed by atoms with E-state index in [0.717, 1.165) is 24.5 Å². The summed E-state index contributed by atoms with van der Waals surface area (Å²) >= 11 is 0. The highest BCUT2D eigenvalue weighted by molar-refractivity contribution is 5.57. The van der Waals surface area contributed by atoms with Crippen LogP contribution in [0.2, 0.25) is 0 Å². The molecule has 1 aliphatic heterocycles. The van der Waals surface area contributed by atoms with Gasteiger partial charge in [-0.05, 0) is 25.2 Å². The summed E-state index contributed by atoms with van der Waals surface area (Å²) in [6.45, 7) is 8.79. The number of hydrogen-bond donors (Lipinski definition) is 2. The van der Waals surface area contributed by atoms with Crippen LogP contribution in [0.25, 0.3) is 0 Å². The van der Waals surface area contributed by atoms with Crippen molar-refractivity contribution in [1.29, 1.82) is 0 Å². The Hall–Kier alpha value is -1.36. The second-order valence-corrected chi connectivity index (χ2v) is 5.47. The van der Waals surface area contributed by atoms with Gasteiger partial charge in [-0.1, -0.05) is 20.3 Å². The molecule has 100 valence electrons. The number of nitrogens with two attached hydrogens (primary N) is 1. The van der Waals surface area contributed by atoms with E-state index in [1.807, 2.05) is 6.92 Å². The Balaban J connectivity index is 2.15. The molecule has 1 fully saturated rings. The van der Waals surface area contributed by atoms with E-state index < -0.39 is 0 Å². The van der Waals surface area contributed by atoms with Crippen LogP contribution >= 0.6 is 0 Å². The van der Waals surface area contributed by atoms with Crippen LogP contribution < -0.4 is 16.2 Å². The third-order valence-electron chi connectivity index (χ3n) is 4.32. The van der Waals surface area contributed by atoms with Gasteiger partial charge in [-0.2, -0.15) is 0 Å². The number of hydrazine groups is 1. The maximum atomic E-state index is 5.45. The lowest BCUT2D eigenvalue weighted by Crippen LogP contribution is -2.39. The van der Waals surface area contributed by atoms with E-state index in [1.165, 1.54) is 19.3 Å². The Bertz CT molecular complexity index is 410. The molecular weight excluding hydrogens is 226 g/mol. The molecule has 0 atom stereocenters. The van der Waals surface area contributed by atoms with Crippen molar-refractivity contribution in [3.8, 4) is 0 Å². The minimum atomic E-state index is 0.492. The van der Waals surface area contributed by atoms with Crippen LogP contribution in [0.5, 0.6) is 0 Å². The molecule has 1 saturated heterocycles. The van der Waals surface area contributed by atoms with Gasteiger partial charge in [-0.25, -0.2) is 15.8 Å². The average molecular weight is 249 g/mol.